The van der Waals surface area contributed by atoms with Gasteiger partial charge in [-0.15, -0.1) is 12.4 Å². The number of rotatable bonds is 5. The summed E-state index contributed by atoms with van der Waals surface area (Å²) in [6, 6.07) is 6.65. The van der Waals surface area contributed by atoms with E-state index in [1.54, 1.807) is 24.3 Å². The van der Waals surface area contributed by atoms with E-state index < -0.39 is 11.5 Å². The third-order valence-electron chi connectivity index (χ3n) is 5.09. The van der Waals surface area contributed by atoms with E-state index in [0.717, 1.165) is 0 Å². The summed E-state index contributed by atoms with van der Waals surface area (Å²) in [5.74, 6) is -0.963. The lowest BCUT2D eigenvalue weighted by Crippen LogP contribution is -2.41. The fraction of sp³-hybridized carbons (Fsp3) is 0.350. The zero-order chi connectivity index (χ0) is 21.0. The van der Waals surface area contributed by atoms with E-state index >= 15 is 0 Å². The van der Waals surface area contributed by atoms with E-state index in [9.17, 15) is 14.4 Å². The largest absolute Gasteiger partial charge is 0.469 e. The maximum atomic E-state index is 12.6. The van der Waals surface area contributed by atoms with Gasteiger partial charge in [0.25, 0.3) is 11.5 Å². The number of esters is 1. The van der Waals surface area contributed by atoms with Crippen molar-refractivity contribution in [2.75, 3.05) is 7.11 Å². The second-order valence-electron chi connectivity index (χ2n) is 7.00. The molecule has 0 radical (unpaired) electrons. The molecule has 1 aliphatic carbocycles. The Hall–Kier alpha value is -3.20. The van der Waals surface area contributed by atoms with Crippen molar-refractivity contribution < 1.29 is 14.3 Å². The fourth-order valence-electron chi connectivity index (χ4n) is 3.42. The van der Waals surface area contributed by atoms with Crippen LogP contribution in [-0.2, 0) is 9.53 Å². The molecule has 10 heteroatoms. The molecule has 0 unspecified atom stereocenters. The summed E-state index contributed by atoms with van der Waals surface area (Å²) in [5.41, 5.74) is 6.34. The molecule has 5 N–H and O–H groups in total. The quantitative estimate of drug-likeness (QED) is 0.319. The van der Waals surface area contributed by atoms with Crippen molar-refractivity contribution in [1.29, 1.82) is 5.41 Å². The molecule has 9 nitrogen and oxygen atoms in total. The number of amidine groups is 1. The highest BCUT2D eigenvalue weighted by Gasteiger charge is 2.28. The number of aromatic amines is 1. The van der Waals surface area contributed by atoms with Crippen molar-refractivity contribution in [3.05, 3.63) is 52.1 Å². The molecule has 1 aliphatic rings. The van der Waals surface area contributed by atoms with Crippen LogP contribution in [-0.4, -0.2) is 40.8 Å². The van der Waals surface area contributed by atoms with E-state index in [0.29, 0.717) is 42.5 Å². The van der Waals surface area contributed by atoms with E-state index in [-0.39, 0.29) is 41.9 Å². The zero-order valence-electron chi connectivity index (χ0n) is 16.4. The van der Waals surface area contributed by atoms with E-state index in [1.165, 1.54) is 13.3 Å². The molecule has 1 heterocycles. The summed E-state index contributed by atoms with van der Waals surface area (Å²) in [6.45, 7) is 0. The summed E-state index contributed by atoms with van der Waals surface area (Å²) in [6.07, 6.45) is 3.96. The van der Waals surface area contributed by atoms with Crippen LogP contribution in [0, 0.1) is 11.3 Å². The summed E-state index contributed by atoms with van der Waals surface area (Å²) in [4.78, 5) is 43.1. The highest BCUT2D eigenvalue weighted by molar-refractivity contribution is 5.95. The average Bonchev–Trinajstić information content (AvgIpc) is 2.74. The number of nitrogens with zero attached hydrogens (tertiary/aromatic N) is 1. The van der Waals surface area contributed by atoms with E-state index in [2.05, 4.69) is 15.3 Å². The Kier molecular flexibility index (Phi) is 7.71. The predicted octanol–water partition coefficient (Wildman–Crippen LogP) is 1.60. The number of amides is 1. The van der Waals surface area contributed by atoms with Gasteiger partial charge in [-0.3, -0.25) is 19.8 Å². The molecule has 1 aromatic carbocycles. The van der Waals surface area contributed by atoms with Crippen molar-refractivity contribution >= 4 is 30.1 Å². The molecule has 0 aliphatic heterocycles. The molecular weight excluding hydrogens is 410 g/mol. The number of hydrogen-bond donors (Lipinski definition) is 4. The number of hydrogen-bond acceptors (Lipinski definition) is 6. The number of aromatic nitrogens is 2. The minimum Gasteiger partial charge on any atom is -0.469 e. The topological polar surface area (TPSA) is 151 Å². The third-order valence-corrected chi connectivity index (χ3v) is 5.09. The number of nitrogen functional groups attached to an aromatic ring is 1. The number of benzene rings is 1. The van der Waals surface area contributed by atoms with Crippen LogP contribution in [0.3, 0.4) is 0 Å². The first-order chi connectivity index (χ1) is 13.9. The second-order valence-corrected chi connectivity index (χ2v) is 7.00. The Morgan fingerprint density at radius 3 is 2.40 bits per heavy atom. The lowest BCUT2D eigenvalue weighted by Gasteiger charge is -2.27. The molecule has 0 saturated heterocycles. The number of nitrogens with two attached hydrogens (primary N) is 1. The Morgan fingerprint density at radius 2 is 1.83 bits per heavy atom. The van der Waals surface area contributed by atoms with Gasteiger partial charge in [-0.05, 0) is 25.7 Å². The Bertz CT molecular complexity index is 981. The lowest BCUT2D eigenvalue weighted by atomic mass is 9.86. The van der Waals surface area contributed by atoms with Crippen LogP contribution in [0.2, 0.25) is 0 Å². The fourth-order valence-corrected chi connectivity index (χ4v) is 3.42. The van der Waals surface area contributed by atoms with Crippen LogP contribution < -0.4 is 16.6 Å². The van der Waals surface area contributed by atoms with Crippen LogP contribution in [0.25, 0.3) is 11.3 Å². The molecule has 30 heavy (non-hydrogen) atoms. The molecule has 0 bridgehead atoms. The van der Waals surface area contributed by atoms with Gasteiger partial charge in [-0.2, -0.15) is 0 Å². The molecule has 1 amide bonds. The van der Waals surface area contributed by atoms with Gasteiger partial charge in [0.2, 0.25) is 0 Å². The van der Waals surface area contributed by atoms with E-state index in [4.69, 9.17) is 15.9 Å². The van der Waals surface area contributed by atoms with Crippen LogP contribution in [0.4, 0.5) is 0 Å². The minimum absolute atomic E-state index is 0. The van der Waals surface area contributed by atoms with Crippen LogP contribution >= 0.6 is 12.4 Å². The minimum atomic E-state index is -0.574. The van der Waals surface area contributed by atoms with Gasteiger partial charge in [-0.1, -0.05) is 24.3 Å². The third kappa shape index (κ3) is 5.24. The van der Waals surface area contributed by atoms with Gasteiger partial charge in [0.1, 0.15) is 5.84 Å². The molecule has 1 fully saturated rings. The van der Waals surface area contributed by atoms with E-state index in [1.807, 2.05) is 0 Å². The first-order valence-electron chi connectivity index (χ1n) is 9.32. The maximum Gasteiger partial charge on any atom is 0.308 e. The van der Waals surface area contributed by atoms with Crippen molar-refractivity contribution in [3.8, 4) is 11.3 Å². The normalized spacial score (nSPS) is 18.0. The van der Waals surface area contributed by atoms with Crippen molar-refractivity contribution in [2.45, 2.75) is 31.7 Å². The molecule has 2 aromatic rings. The van der Waals surface area contributed by atoms with Crippen LogP contribution in [0.15, 0.2) is 35.3 Å². The molecule has 3 rings (SSSR count). The lowest BCUT2D eigenvalue weighted by molar-refractivity contribution is -0.146. The van der Waals surface area contributed by atoms with Crippen molar-refractivity contribution in [3.63, 3.8) is 0 Å². The predicted molar refractivity (Wildman–Crippen MR) is 114 cm³/mol. The SMILES string of the molecule is COC(=O)C1CCC(NC(=O)c2nc(-c3ccc(C(=N)N)cc3)c[nH]c2=O)CC1.Cl. The van der Waals surface area contributed by atoms with Crippen LogP contribution in [0.5, 0.6) is 0 Å². The molecule has 0 spiro atoms. The summed E-state index contributed by atoms with van der Waals surface area (Å²) in [7, 11) is 1.37. The Balaban J connectivity index is 0.00000320. The average molecular weight is 434 g/mol. The number of ether oxygens (including phenoxy) is 1. The highest BCUT2D eigenvalue weighted by Crippen LogP contribution is 2.25. The summed E-state index contributed by atoms with van der Waals surface area (Å²) < 4.78 is 4.77. The number of carbonyl (C=O) groups excluding carboxylic acids is 2. The van der Waals surface area contributed by atoms with Gasteiger partial charge < -0.3 is 20.8 Å². The molecule has 160 valence electrons. The van der Waals surface area contributed by atoms with Gasteiger partial charge in [0.05, 0.1) is 18.7 Å². The highest BCUT2D eigenvalue weighted by atomic mass is 35.5. The van der Waals surface area contributed by atoms with Gasteiger partial charge in [0, 0.05) is 23.4 Å². The molecule has 1 aromatic heterocycles. The summed E-state index contributed by atoms with van der Waals surface area (Å²) in [5, 5.41) is 10.3. The van der Waals surface area contributed by atoms with Crippen molar-refractivity contribution in [1.82, 2.24) is 15.3 Å². The number of carbonyl (C=O) groups is 2. The monoisotopic (exact) mass is 433 g/mol. The zero-order valence-corrected chi connectivity index (χ0v) is 17.3. The Morgan fingerprint density at radius 1 is 1.20 bits per heavy atom. The van der Waals surface area contributed by atoms with Gasteiger partial charge in [-0.25, -0.2) is 4.98 Å². The van der Waals surface area contributed by atoms with Gasteiger partial charge in [0.15, 0.2) is 5.69 Å². The molecule has 0 atom stereocenters. The first kappa shape index (κ1) is 23.1. The first-order valence-corrected chi connectivity index (χ1v) is 9.32. The smallest absolute Gasteiger partial charge is 0.308 e. The number of halogens is 1. The Labute approximate surface area is 179 Å². The number of nitrogens with one attached hydrogen (secondary N) is 3. The number of methoxy groups -OCH3 is 1. The molecule has 1 saturated carbocycles. The van der Waals surface area contributed by atoms with Crippen molar-refractivity contribution in [2.24, 2.45) is 11.7 Å². The number of H-pyrrole nitrogens is 1. The summed E-state index contributed by atoms with van der Waals surface area (Å²) >= 11 is 0. The maximum absolute atomic E-state index is 12.6. The standard InChI is InChI=1S/C20H23N5O4.ClH/c1-29-20(28)13-6-8-14(9-7-13)24-19(27)16-18(26)23-10-15(25-16)11-2-4-12(5-3-11)17(21)22;/h2-5,10,13-14H,6-9H2,1H3,(H3,21,22)(H,23,26)(H,24,27);1H. The van der Waals surface area contributed by atoms with Crippen LogP contribution in [0.1, 0.15) is 41.7 Å². The second kappa shape index (κ2) is 10.0. The van der Waals surface area contributed by atoms with Gasteiger partial charge >= 0.3 is 5.97 Å². The molecular formula is C20H24ClN5O4.